The Kier molecular flexibility index (Phi) is 6.79. The van der Waals surface area contributed by atoms with Crippen molar-refractivity contribution >= 4 is 27.5 Å². The van der Waals surface area contributed by atoms with Gasteiger partial charge in [0, 0.05) is 55.4 Å². The van der Waals surface area contributed by atoms with Gasteiger partial charge in [0.1, 0.15) is 22.8 Å². The predicted molar refractivity (Wildman–Crippen MR) is 162 cm³/mol. The number of pyridine rings is 1. The highest BCUT2D eigenvalue weighted by Crippen LogP contribution is 2.48. The van der Waals surface area contributed by atoms with Crippen LogP contribution in [0.3, 0.4) is 0 Å². The van der Waals surface area contributed by atoms with Crippen molar-refractivity contribution in [2.45, 2.75) is 50.4 Å². The van der Waals surface area contributed by atoms with Gasteiger partial charge >= 0.3 is 12.2 Å². The van der Waals surface area contributed by atoms with Crippen LogP contribution in [0.5, 0.6) is 11.8 Å². The van der Waals surface area contributed by atoms with Gasteiger partial charge in [0.15, 0.2) is 5.82 Å². The van der Waals surface area contributed by atoms with E-state index < -0.39 is 17.9 Å². The minimum absolute atomic E-state index is 0.00276. The molecule has 45 heavy (non-hydrogen) atoms. The third kappa shape index (κ3) is 5.41. The maximum absolute atomic E-state index is 16.6. The number of rotatable bonds is 7. The molecule has 1 unspecified atom stereocenters. The summed E-state index contributed by atoms with van der Waals surface area (Å²) < 4.78 is 62.6. The molecule has 12 heteroatoms. The van der Waals surface area contributed by atoms with E-state index >= 15 is 4.39 Å². The molecule has 5 heterocycles. The topological polar surface area (TPSA) is 86.6 Å². The quantitative estimate of drug-likeness (QED) is 0.255. The monoisotopic (exact) mass is 622 g/mol. The van der Waals surface area contributed by atoms with Crippen LogP contribution >= 0.6 is 0 Å². The number of phenolic OH excluding ortho intramolecular Hbond substituents is 1. The molecule has 236 valence electrons. The van der Waals surface area contributed by atoms with Crippen LogP contribution in [0.25, 0.3) is 32.9 Å². The summed E-state index contributed by atoms with van der Waals surface area (Å²) in [4.78, 5) is 17.9. The van der Waals surface area contributed by atoms with E-state index in [0.717, 1.165) is 36.5 Å². The molecule has 2 aromatic carbocycles. The van der Waals surface area contributed by atoms with Crippen molar-refractivity contribution in [2.75, 3.05) is 44.2 Å². The van der Waals surface area contributed by atoms with Crippen molar-refractivity contribution in [1.82, 2.24) is 25.2 Å². The Morgan fingerprint density at radius 3 is 2.51 bits per heavy atom. The first-order valence-corrected chi connectivity index (χ1v) is 15.7. The van der Waals surface area contributed by atoms with E-state index in [1.54, 1.807) is 12.3 Å². The highest BCUT2D eigenvalue weighted by Gasteiger charge is 2.49. The molecule has 8 nitrogen and oxygen atoms in total. The Morgan fingerprint density at radius 1 is 1.00 bits per heavy atom. The maximum Gasteiger partial charge on any atom is 0.393 e. The molecule has 0 radical (unpaired) electrons. The predicted octanol–water partition coefficient (Wildman–Crippen LogP) is 5.67. The number of piperazine rings is 1. The number of aromatic nitrogens is 3. The minimum atomic E-state index is -4.18. The van der Waals surface area contributed by atoms with E-state index in [0.29, 0.717) is 55.0 Å². The number of halogens is 4. The average Bonchev–Trinajstić information content (AvgIpc) is 3.45. The number of likely N-dealkylation sites (tertiary alicyclic amines) is 1. The SMILES string of the molecule is Oc1cc(-c2ncc3c(N4C[C@H]5CC[C@@H](C4)N5)nc(OCC4(CN5CCC(C(F)(F)F)C5)CC4)nc3c2F)c2ccccc2c1. The lowest BCUT2D eigenvalue weighted by molar-refractivity contribution is -0.170. The van der Waals surface area contributed by atoms with Crippen molar-refractivity contribution in [1.29, 1.82) is 0 Å². The third-order valence-electron chi connectivity index (χ3n) is 10.0. The van der Waals surface area contributed by atoms with Crippen LogP contribution in [-0.4, -0.2) is 82.5 Å². The number of fused-ring (bicyclic) bond motifs is 4. The summed E-state index contributed by atoms with van der Waals surface area (Å²) in [6.07, 6.45) is 1.34. The molecule has 1 aliphatic carbocycles. The van der Waals surface area contributed by atoms with Gasteiger partial charge in [-0.05, 0) is 61.6 Å². The number of nitrogens with one attached hydrogen (secondary N) is 1. The number of anilines is 1. The zero-order valence-electron chi connectivity index (χ0n) is 24.7. The lowest BCUT2D eigenvalue weighted by Crippen LogP contribution is -2.51. The second-order valence-electron chi connectivity index (χ2n) is 13.3. The summed E-state index contributed by atoms with van der Waals surface area (Å²) in [6.45, 7) is 2.61. The number of aromatic hydroxyl groups is 1. The van der Waals surface area contributed by atoms with Crippen LogP contribution in [0.2, 0.25) is 0 Å². The van der Waals surface area contributed by atoms with Crippen molar-refractivity contribution in [3.8, 4) is 23.0 Å². The summed E-state index contributed by atoms with van der Waals surface area (Å²) in [6, 6.07) is 11.2. The molecule has 0 spiro atoms. The summed E-state index contributed by atoms with van der Waals surface area (Å²) >= 11 is 0. The summed E-state index contributed by atoms with van der Waals surface area (Å²) in [5.41, 5.74) is 0.330. The van der Waals surface area contributed by atoms with Crippen LogP contribution in [0.4, 0.5) is 23.4 Å². The van der Waals surface area contributed by atoms with E-state index in [1.807, 2.05) is 29.2 Å². The molecule has 2 N–H and O–H groups in total. The van der Waals surface area contributed by atoms with Gasteiger partial charge in [0.05, 0.1) is 17.9 Å². The average molecular weight is 623 g/mol. The van der Waals surface area contributed by atoms with Gasteiger partial charge in [-0.2, -0.15) is 23.1 Å². The standard InChI is InChI=1S/C33H34F4N6O2/c34-27-28(25-12-23(44)11-19-3-1-2-4-24(19)25)38-13-26-29(27)40-31(41-30(26)43-15-21-5-6-22(16-43)39-21)45-18-32(8-9-32)17-42-10-7-20(14-42)33(35,36)37/h1-4,11-13,20-22,39,44H,5-10,14-18H2/t20?,21-,22+. The molecule has 3 aliphatic heterocycles. The zero-order chi connectivity index (χ0) is 30.9. The Hall–Kier alpha value is -3.77. The first-order valence-electron chi connectivity index (χ1n) is 15.7. The van der Waals surface area contributed by atoms with Gasteiger partial charge in [0.25, 0.3) is 0 Å². The number of hydrogen-bond donors (Lipinski definition) is 2. The lowest BCUT2D eigenvalue weighted by atomic mass is 10.00. The zero-order valence-corrected chi connectivity index (χ0v) is 24.7. The van der Waals surface area contributed by atoms with Gasteiger partial charge in [0.2, 0.25) is 0 Å². The molecule has 0 amide bonds. The number of nitrogens with zero attached hydrogens (tertiary/aromatic N) is 5. The highest BCUT2D eigenvalue weighted by atomic mass is 19.4. The highest BCUT2D eigenvalue weighted by molar-refractivity contribution is 5.99. The van der Waals surface area contributed by atoms with E-state index in [4.69, 9.17) is 9.72 Å². The van der Waals surface area contributed by atoms with Crippen molar-refractivity contribution < 1.29 is 27.4 Å². The second-order valence-corrected chi connectivity index (χ2v) is 13.3. The molecular weight excluding hydrogens is 588 g/mol. The van der Waals surface area contributed by atoms with Gasteiger partial charge in [-0.3, -0.25) is 4.98 Å². The fraction of sp³-hybridized carbons (Fsp3) is 0.485. The molecule has 1 saturated carbocycles. The van der Waals surface area contributed by atoms with E-state index in [-0.39, 0.29) is 48.0 Å². The van der Waals surface area contributed by atoms with E-state index in [9.17, 15) is 18.3 Å². The third-order valence-corrected chi connectivity index (χ3v) is 10.0. The first-order chi connectivity index (χ1) is 21.6. The number of alkyl halides is 3. The lowest BCUT2D eigenvalue weighted by Gasteiger charge is -2.34. The van der Waals surface area contributed by atoms with Crippen LogP contribution < -0.4 is 15.0 Å². The van der Waals surface area contributed by atoms with Crippen LogP contribution in [0.15, 0.2) is 42.6 Å². The largest absolute Gasteiger partial charge is 0.508 e. The summed E-state index contributed by atoms with van der Waals surface area (Å²) in [5, 5.41) is 16.0. The Balaban J connectivity index is 1.14. The van der Waals surface area contributed by atoms with Crippen molar-refractivity contribution in [3.05, 3.63) is 48.4 Å². The smallest absolute Gasteiger partial charge is 0.393 e. The molecule has 3 saturated heterocycles. The molecule has 2 aromatic heterocycles. The summed E-state index contributed by atoms with van der Waals surface area (Å²) in [5.74, 6) is -1.36. The summed E-state index contributed by atoms with van der Waals surface area (Å²) in [7, 11) is 0. The van der Waals surface area contributed by atoms with Crippen LogP contribution in [0, 0.1) is 17.2 Å². The molecule has 3 atom stereocenters. The number of hydrogen-bond acceptors (Lipinski definition) is 8. The number of ether oxygens (including phenoxy) is 1. The van der Waals surface area contributed by atoms with Crippen LogP contribution in [-0.2, 0) is 0 Å². The second kappa shape index (κ2) is 10.7. The van der Waals surface area contributed by atoms with Crippen LogP contribution in [0.1, 0.15) is 32.1 Å². The molecule has 2 bridgehead atoms. The van der Waals surface area contributed by atoms with E-state index in [1.165, 1.54) is 6.07 Å². The fourth-order valence-electron chi connectivity index (χ4n) is 7.44. The van der Waals surface area contributed by atoms with E-state index in [2.05, 4.69) is 20.2 Å². The molecule has 4 fully saturated rings. The van der Waals surface area contributed by atoms with Gasteiger partial charge in [-0.1, -0.05) is 24.3 Å². The normalized spacial score (nSPS) is 24.5. The molecular formula is C33H34F4N6O2. The molecule has 4 aromatic rings. The van der Waals surface area contributed by atoms with Crippen molar-refractivity contribution in [2.24, 2.45) is 11.3 Å². The molecule has 4 aliphatic rings. The van der Waals surface area contributed by atoms with Crippen molar-refractivity contribution in [3.63, 3.8) is 0 Å². The maximum atomic E-state index is 16.6. The van der Waals surface area contributed by atoms with Gasteiger partial charge < -0.3 is 25.0 Å². The Bertz CT molecular complexity index is 1770. The van der Waals surface area contributed by atoms with Gasteiger partial charge in [-0.25, -0.2) is 4.39 Å². The number of benzene rings is 2. The Morgan fingerprint density at radius 2 is 1.78 bits per heavy atom. The molecule has 8 rings (SSSR count). The number of phenols is 1. The first kappa shape index (κ1) is 28.7. The Labute approximate surface area is 257 Å². The fourth-order valence-corrected chi connectivity index (χ4v) is 7.44. The van der Waals surface area contributed by atoms with Gasteiger partial charge in [-0.15, -0.1) is 0 Å². The minimum Gasteiger partial charge on any atom is -0.508 e.